The molecule has 1 fully saturated rings. The molecular weight excluding hydrogens is 252 g/mol. The topological polar surface area (TPSA) is 55.6 Å². The summed E-state index contributed by atoms with van der Waals surface area (Å²) < 4.78 is 5.20. The number of hydrogen-bond donors (Lipinski definition) is 1. The number of halogens is 1. The van der Waals surface area contributed by atoms with E-state index in [9.17, 15) is 4.79 Å². The number of rotatable bonds is 2. The Morgan fingerprint density at radius 3 is 3.00 bits per heavy atom. The average molecular weight is 269 g/mol. The Kier molecular flexibility index (Phi) is 4.09. The van der Waals surface area contributed by atoms with Gasteiger partial charge in [-0.2, -0.15) is 0 Å². The lowest BCUT2D eigenvalue weighted by Gasteiger charge is -2.31. The predicted molar refractivity (Wildman–Crippen MR) is 71.1 cm³/mol. The minimum atomic E-state index is -0.104. The summed E-state index contributed by atoms with van der Waals surface area (Å²) in [6.07, 6.45) is 1.89. The van der Waals surface area contributed by atoms with E-state index in [2.05, 4.69) is 0 Å². The first-order valence-electron chi connectivity index (χ1n) is 6.01. The highest BCUT2D eigenvalue weighted by molar-refractivity contribution is 6.34. The van der Waals surface area contributed by atoms with E-state index in [1.54, 1.807) is 23.1 Å². The molecule has 1 aromatic rings. The van der Waals surface area contributed by atoms with Crippen LogP contribution in [0.3, 0.4) is 0 Å². The Morgan fingerprint density at radius 2 is 2.33 bits per heavy atom. The number of nitrogens with zero attached hydrogens (tertiary/aromatic N) is 1. The summed E-state index contributed by atoms with van der Waals surface area (Å²) in [5, 5.41) is 0.415. The number of carbonyl (C=O) groups is 1. The fraction of sp³-hybridized carbons (Fsp3) is 0.462. The number of methoxy groups -OCH3 is 1. The van der Waals surface area contributed by atoms with Crippen LogP contribution in [0.4, 0.5) is 0 Å². The first-order valence-corrected chi connectivity index (χ1v) is 6.38. The lowest BCUT2D eigenvalue weighted by atomic mass is 10.0. The third-order valence-corrected chi connectivity index (χ3v) is 3.47. The van der Waals surface area contributed by atoms with Gasteiger partial charge in [-0.05, 0) is 25.0 Å². The number of piperidine rings is 1. The van der Waals surface area contributed by atoms with Crippen molar-refractivity contribution < 1.29 is 9.53 Å². The number of hydrogen-bond acceptors (Lipinski definition) is 3. The summed E-state index contributed by atoms with van der Waals surface area (Å²) >= 11 is 6.10. The van der Waals surface area contributed by atoms with Crippen LogP contribution in [-0.2, 0) is 0 Å². The van der Waals surface area contributed by atoms with Gasteiger partial charge in [-0.15, -0.1) is 0 Å². The highest BCUT2D eigenvalue weighted by Gasteiger charge is 2.26. The first kappa shape index (κ1) is 13.2. The quantitative estimate of drug-likeness (QED) is 0.891. The SMILES string of the molecule is COc1cccc(Cl)c1C(=O)N1CCC[C@@H](N)C1. The maximum atomic E-state index is 12.5. The Hall–Kier alpha value is -1.26. The van der Waals surface area contributed by atoms with Crippen molar-refractivity contribution in [3.63, 3.8) is 0 Å². The van der Waals surface area contributed by atoms with Crippen LogP contribution in [0.15, 0.2) is 18.2 Å². The van der Waals surface area contributed by atoms with E-state index in [1.807, 2.05) is 0 Å². The molecule has 1 aliphatic heterocycles. The maximum Gasteiger partial charge on any atom is 0.259 e. The summed E-state index contributed by atoms with van der Waals surface area (Å²) in [6.45, 7) is 1.30. The predicted octanol–water partition coefficient (Wildman–Crippen LogP) is 1.91. The fourth-order valence-electron chi connectivity index (χ4n) is 2.23. The van der Waals surface area contributed by atoms with E-state index < -0.39 is 0 Å². The highest BCUT2D eigenvalue weighted by atomic mass is 35.5. The number of ether oxygens (including phenoxy) is 1. The second-order valence-electron chi connectivity index (χ2n) is 4.47. The van der Waals surface area contributed by atoms with Gasteiger partial charge in [0.2, 0.25) is 0 Å². The molecule has 4 nitrogen and oxygen atoms in total. The molecule has 2 rings (SSSR count). The van der Waals surface area contributed by atoms with Crippen molar-refractivity contribution in [2.45, 2.75) is 18.9 Å². The average Bonchev–Trinajstić information content (AvgIpc) is 2.37. The molecule has 0 aromatic heterocycles. The zero-order valence-electron chi connectivity index (χ0n) is 10.4. The normalized spacial score (nSPS) is 19.7. The van der Waals surface area contributed by atoms with Gasteiger partial charge in [0.15, 0.2) is 0 Å². The van der Waals surface area contributed by atoms with Gasteiger partial charge in [0.05, 0.1) is 12.1 Å². The minimum Gasteiger partial charge on any atom is -0.496 e. The van der Waals surface area contributed by atoms with Gasteiger partial charge in [-0.1, -0.05) is 17.7 Å². The molecule has 0 saturated carbocycles. The lowest BCUT2D eigenvalue weighted by molar-refractivity contribution is 0.0705. The molecule has 0 bridgehead atoms. The number of likely N-dealkylation sites (tertiary alicyclic amines) is 1. The Morgan fingerprint density at radius 1 is 1.56 bits per heavy atom. The van der Waals surface area contributed by atoms with E-state index in [4.69, 9.17) is 22.1 Å². The van der Waals surface area contributed by atoms with Gasteiger partial charge in [0.1, 0.15) is 11.3 Å². The maximum absolute atomic E-state index is 12.5. The van der Waals surface area contributed by atoms with Crippen LogP contribution in [0, 0.1) is 0 Å². The van der Waals surface area contributed by atoms with Crippen LogP contribution in [0.5, 0.6) is 5.75 Å². The fourth-order valence-corrected chi connectivity index (χ4v) is 2.48. The van der Waals surface area contributed by atoms with Crippen LogP contribution in [0.25, 0.3) is 0 Å². The van der Waals surface area contributed by atoms with E-state index in [-0.39, 0.29) is 11.9 Å². The summed E-state index contributed by atoms with van der Waals surface area (Å²) in [5.41, 5.74) is 6.32. The molecule has 0 radical (unpaired) electrons. The van der Waals surface area contributed by atoms with Gasteiger partial charge in [0.25, 0.3) is 5.91 Å². The molecular formula is C13H17ClN2O2. The van der Waals surface area contributed by atoms with Crippen molar-refractivity contribution in [1.29, 1.82) is 0 Å². The van der Waals surface area contributed by atoms with Crippen molar-refractivity contribution >= 4 is 17.5 Å². The van der Waals surface area contributed by atoms with Crippen molar-refractivity contribution in [1.82, 2.24) is 4.90 Å². The zero-order valence-corrected chi connectivity index (χ0v) is 11.1. The van der Waals surface area contributed by atoms with Gasteiger partial charge < -0.3 is 15.4 Å². The van der Waals surface area contributed by atoms with Gasteiger partial charge in [-0.3, -0.25) is 4.79 Å². The molecule has 0 aliphatic carbocycles. The molecule has 1 heterocycles. The van der Waals surface area contributed by atoms with Crippen molar-refractivity contribution in [2.75, 3.05) is 20.2 Å². The molecule has 1 aromatic carbocycles. The molecule has 5 heteroatoms. The van der Waals surface area contributed by atoms with Crippen molar-refractivity contribution in [3.05, 3.63) is 28.8 Å². The second-order valence-corrected chi connectivity index (χ2v) is 4.88. The van der Waals surface area contributed by atoms with Crippen LogP contribution in [0.2, 0.25) is 5.02 Å². The van der Waals surface area contributed by atoms with E-state index in [0.717, 1.165) is 19.4 Å². The number of carbonyl (C=O) groups excluding carboxylic acids is 1. The largest absolute Gasteiger partial charge is 0.496 e. The van der Waals surface area contributed by atoms with Gasteiger partial charge >= 0.3 is 0 Å². The Bertz CT molecular complexity index is 451. The standard InChI is InChI=1S/C13H17ClN2O2/c1-18-11-6-2-5-10(14)12(11)13(17)16-7-3-4-9(15)8-16/h2,5-6,9H,3-4,7-8,15H2,1H3/t9-/m1/s1. The Labute approximate surface area is 112 Å². The lowest BCUT2D eigenvalue weighted by Crippen LogP contribution is -2.45. The molecule has 18 heavy (non-hydrogen) atoms. The van der Waals surface area contributed by atoms with E-state index in [0.29, 0.717) is 22.9 Å². The Balaban J connectivity index is 2.28. The summed E-state index contributed by atoms with van der Waals surface area (Å²) in [5.74, 6) is 0.402. The third-order valence-electron chi connectivity index (χ3n) is 3.15. The number of benzene rings is 1. The minimum absolute atomic E-state index is 0.0520. The monoisotopic (exact) mass is 268 g/mol. The number of nitrogens with two attached hydrogens (primary N) is 1. The molecule has 0 unspecified atom stereocenters. The zero-order chi connectivity index (χ0) is 13.1. The molecule has 1 aliphatic rings. The van der Waals surface area contributed by atoms with E-state index >= 15 is 0 Å². The van der Waals surface area contributed by atoms with E-state index in [1.165, 1.54) is 7.11 Å². The molecule has 98 valence electrons. The molecule has 1 amide bonds. The molecule has 2 N–H and O–H groups in total. The molecule has 0 spiro atoms. The van der Waals surface area contributed by atoms with Crippen LogP contribution in [0.1, 0.15) is 23.2 Å². The highest BCUT2D eigenvalue weighted by Crippen LogP contribution is 2.28. The van der Waals surface area contributed by atoms with Crippen LogP contribution in [-0.4, -0.2) is 37.0 Å². The van der Waals surface area contributed by atoms with Gasteiger partial charge in [0, 0.05) is 19.1 Å². The molecule has 1 saturated heterocycles. The van der Waals surface area contributed by atoms with Crippen LogP contribution < -0.4 is 10.5 Å². The van der Waals surface area contributed by atoms with Crippen molar-refractivity contribution in [2.24, 2.45) is 5.73 Å². The molecule has 1 atom stereocenters. The summed E-state index contributed by atoms with van der Waals surface area (Å²) in [4.78, 5) is 14.2. The van der Waals surface area contributed by atoms with Crippen molar-refractivity contribution in [3.8, 4) is 5.75 Å². The summed E-state index contributed by atoms with van der Waals surface area (Å²) in [6, 6.07) is 5.25. The number of amides is 1. The second kappa shape index (κ2) is 5.59. The third kappa shape index (κ3) is 2.60. The summed E-state index contributed by atoms with van der Waals surface area (Å²) in [7, 11) is 1.53. The van der Waals surface area contributed by atoms with Gasteiger partial charge in [-0.25, -0.2) is 0 Å². The van der Waals surface area contributed by atoms with Crippen LogP contribution >= 0.6 is 11.6 Å². The first-order chi connectivity index (χ1) is 8.63. The smallest absolute Gasteiger partial charge is 0.259 e.